The van der Waals surface area contributed by atoms with E-state index < -0.39 is 17.1 Å². The van der Waals surface area contributed by atoms with Gasteiger partial charge < -0.3 is 9.68 Å². The standard InChI is InChI=1S/C16H18BNO4S/c1-11(2)12-4-7-15(8-5-12)23(20,21)18-14-6-3-13-10-22-17(19)16(13)9-14/h3-9,11,18-19H,10H2,1-2H3. The molecule has 0 aliphatic carbocycles. The van der Waals surface area contributed by atoms with Crippen LogP contribution in [0.5, 0.6) is 0 Å². The molecule has 0 amide bonds. The van der Waals surface area contributed by atoms with Crippen molar-refractivity contribution in [3.05, 3.63) is 53.6 Å². The second-order valence-corrected chi connectivity index (χ2v) is 7.59. The third kappa shape index (κ3) is 3.27. The molecule has 0 aromatic heterocycles. The summed E-state index contributed by atoms with van der Waals surface area (Å²) in [7, 11) is -4.66. The Bertz CT molecular complexity index is 818. The van der Waals surface area contributed by atoms with E-state index >= 15 is 0 Å². The highest BCUT2D eigenvalue weighted by Crippen LogP contribution is 2.21. The number of hydrogen-bond donors (Lipinski definition) is 2. The fraction of sp³-hybridized carbons (Fsp3) is 0.250. The van der Waals surface area contributed by atoms with E-state index in [4.69, 9.17) is 4.65 Å². The van der Waals surface area contributed by atoms with Crippen molar-refractivity contribution in [1.29, 1.82) is 0 Å². The number of rotatable bonds is 4. The minimum Gasteiger partial charge on any atom is -0.423 e. The normalized spacial score (nSPS) is 14.2. The van der Waals surface area contributed by atoms with Crippen LogP contribution in [0.15, 0.2) is 47.4 Å². The summed E-state index contributed by atoms with van der Waals surface area (Å²) in [4.78, 5) is 0.208. The average molecular weight is 331 g/mol. The first-order chi connectivity index (χ1) is 10.9. The molecular weight excluding hydrogens is 313 g/mol. The maximum Gasteiger partial charge on any atom is 0.491 e. The Morgan fingerprint density at radius 3 is 2.52 bits per heavy atom. The lowest BCUT2D eigenvalue weighted by Gasteiger charge is -2.11. The van der Waals surface area contributed by atoms with Gasteiger partial charge in [-0.1, -0.05) is 32.0 Å². The van der Waals surface area contributed by atoms with Crippen LogP contribution >= 0.6 is 0 Å². The minimum absolute atomic E-state index is 0.208. The van der Waals surface area contributed by atoms with E-state index in [9.17, 15) is 13.4 Å². The van der Waals surface area contributed by atoms with Crippen LogP contribution in [0.4, 0.5) is 5.69 Å². The lowest BCUT2D eigenvalue weighted by Crippen LogP contribution is -2.28. The lowest BCUT2D eigenvalue weighted by atomic mass is 9.79. The second kappa shape index (κ2) is 6.00. The first-order valence-corrected chi connectivity index (χ1v) is 8.90. The highest BCUT2D eigenvalue weighted by Gasteiger charge is 2.27. The number of hydrogen-bond acceptors (Lipinski definition) is 4. The van der Waals surface area contributed by atoms with Crippen LogP contribution in [0.2, 0.25) is 0 Å². The molecule has 0 fully saturated rings. The van der Waals surface area contributed by atoms with Crippen LogP contribution in [0, 0.1) is 0 Å². The van der Waals surface area contributed by atoms with Gasteiger partial charge in [0.1, 0.15) is 0 Å². The van der Waals surface area contributed by atoms with Crippen molar-refractivity contribution in [3.8, 4) is 0 Å². The Morgan fingerprint density at radius 1 is 1.17 bits per heavy atom. The molecular formula is C16H18BNO4S. The zero-order valence-corrected chi connectivity index (χ0v) is 13.8. The Morgan fingerprint density at radius 2 is 1.87 bits per heavy atom. The number of nitrogens with one attached hydrogen (secondary N) is 1. The quantitative estimate of drug-likeness (QED) is 0.838. The molecule has 0 spiro atoms. The van der Waals surface area contributed by atoms with Gasteiger partial charge in [0, 0.05) is 5.69 Å². The van der Waals surface area contributed by atoms with E-state index in [1.54, 1.807) is 30.3 Å². The van der Waals surface area contributed by atoms with Crippen molar-refractivity contribution in [2.45, 2.75) is 31.3 Å². The monoisotopic (exact) mass is 331 g/mol. The van der Waals surface area contributed by atoms with E-state index in [0.29, 0.717) is 23.7 Å². The van der Waals surface area contributed by atoms with Crippen molar-refractivity contribution in [2.75, 3.05) is 4.72 Å². The highest BCUT2D eigenvalue weighted by molar-refractivity contribution is 7.92. The summed E-state index contributed by atoms with van der Waals surface area (Å²) in [6.45, 7) is 4.44. The topological polar surface area (TPSA) is 75.6 Å². The molecule has 120 valence electrons. The minimum atomic E-state index is -3.66. The van der Waals surface area contributed by atoms with Crippen LogP contribution < -0.4 is 10.2 Å². The Kier molecular flexibility index (Phi) is 4.18. The maximum atomic E-state index is 12.5. The van der Waals surface area contributed by atoms with Crippen molar-refractivity contribution < 1.29 is 18.1 Å². The highest BCUT2D eigenvalue weighted by atomic mass is 32.2. The van der Waals surface area contributed by atoms with Gasteiger partial charge in [-0.3, -0.25) is 4.72 Å². The summed E-state index contributed by atoms with van der Waals surface area (Å²) in [5, 5.41) is 9.70. The predicted molar refractivity (Wildman–Crippen MR) is 90.2 cm³/mol. The van der Waals surface area contributed by atoms with Crippen LogP contribution in [0.3, 0.4) is 0 Å². The first-order valence-electron chi connectivity index (χ1n) is 7.42. The van der Waals surface area contributed by atoms with Gasteiger partial charge in [0.2, 0.25) is 0 Å². The molecule has 0 saturated heterocycles. The van der Waals surface area contributed by atoms with Crippen molar-refractivity contribution >= 4 is 28.3 Å². The zero-order chi connectivity index (χ0) is 16.6. The molecule has 2 aromatic rings. The van der Waals surface area contributed by atoms with E-state index in [1.807, 2.05) is 12.1 Å². The van der Waals surface area contributed by atoms with Crippen LogP contribution in [-0.4, -0.2) is 20.6 Å². The lowest BCUT2D eigenvalue weighted by molar-refractivity contribution is 0.275. The molecule has 0 bridgehead atoms. The van der Waals surface area contributed by atoms with Crippen LogP contribution in [0.1, 0.15) is 30.9 Å². The molecule has 2 N–H and O–H groups in total. The molecule has 23 heavy (non-hydrogen) atoms. The molecule has 7 heteroatoms. The molecule has 3 rings (SSSR count). The van der Waals surface area contributed by atoms with E-state index in [2.05, 4.69) is 18.6 Å². The molecule has 0 atom stereocenters. The summed E-state index contributed by atoms with van der Waals surface area (Å²) in [5.41, 5.74) is 2.95. The molecule has 0 unspecified atom stereocenters. The Hall–Kier alpha value is -1.83. The number of anilines is 1. The van der Waals surface area contributed by atoms with Gasteiger partial charge in [0.15, 0.2) is 0 Å². The molecule has 5 nitrogen and oxygen atoms in total. The molecule has 2 aromatic carbocycles. The van der Waals surface area contributed by atoms with Crippen molar-refractivity contribution in [1.82, 2.24) is 0 Å². The zero-order valence-electron chi connectivity index (χ0n) is 13.0. The fourth-order valence-corrected chi connectivity index (χ4v) is 3.57. The smallest absolute Gasteiger partial charge is 0.423 e. The summed E-state index contributed by atoms with van der Waals surface area (Å²) in [6, 6.07) is 11.9. The van der Waals surface area contributed by atoms with Gasteiger partial charge in [0.05, 0.1) is 11.5 Å². The van der Waals surface area contributed by atoms with Gasteiger partial charge in [-0.2, -0.15) is 0 Å². The third-order valence-electron chi connectivity index (χ3n) is 3.92. The molecule has 1 aliphatic rings. The number of benzene rings is 2. The van der Waals surface area contributed by atoms with Gasteiger partial charge in [0.25, 0.3) is 10.0 Å². The van der Waals surface area contributed by atoms with E-state index in [0.717, 1.165) is 11.1 Å². The van der Waals surface area contributed by atoms with Gasteiger partial charge in [-0.05, 0) is 46.8 Å². The maximum absolute atomic E-state index is 12.5. The van der Waals surface area contributed by atoms with Gasteiger partial charge in [-0.15, -0.1) is 0 Å². The largest absolute Gasteiger partial charge is 0.491 e. The molecule has 1 aliphatic heterocycles. The Balaban J connectivity index is 1.85. The Labute approximate surface area is 136 Å². The van der Waals surface area contributed by atoms with Crippen LogP contribution in [0.25, 0.3) is 0 Å². The molecule has 0 radical (unpaired) electrons. The van der Waals surface area contributed by atoms with E-state index in [-0.39, 0.29) is 4.90 Å². The fourth-order valence-electron chi connectivity index (χ4n) is 2.52. The predicted octanol–water partition coefficient (Wildman–Crippen LogP) is 1.83. The second-order valence-electron chi connectivity index (χ2n) is 5.91. The first kappa shape index (κ1) is 16.0. The van der Waals surface area contributed by atoms with Crippen molar-refractivity contribution in [2.24, 2.45) is 0 Å². The molecule has 1 heterocycles. The average Bonchev–Trinajstić information content (AvgIpc) is 2.88. The number of fused-ring (bicyclic) bond motifs is 1. The van der Waals surface area contributed by atoms with Crippen LogP contribution in [-0.2, 0) is 21.3 Å². The van der Waals surface area contributed by atoms with E-state index in [1.165, 1.54) is 0 Å². The number of sulfonamides is 1. The summed E-state index contributed by atoms with van der Waals surface area (Å²) in [5.74, 6) is 0.345. The van der Waals surface area contributed by atoms with Gasteiger partial charge in [-0.25, -0.2) is 8.42 Å². The summed E-state index contributed by atoms with van der Waals surface area (Å²) < 4.78 is 32.6. The molecule has 0 saturated carbocycles. The summed E-state index contributed by atoms with van der Waals surface area (Å²) in [6.07, 6.45) is 0. The summed E-state index contributed by atoms with van der Waals surface area (Å²) >= 11 is 0. The van der Waals surface area contributed by atoms with Crippen molar-refractivity contribution in [3.63, 3.8) is 0 Å². The van der Waals surface area contributed by atoms with Gasteiger partial charge >= 0.3 is 7.12 Å². The SMILES string of the molecule is CC(C)c1ccc(S(=O)(=O)Nc2ccc3c(c2)B(O)OC3)cc1. The third-order valence-corrected chi connectivity index (χ3v) is 5.32.